The highest BCUT2D eigenvalue weighted by atomic mass is 32.2. The number of ether oxygens (including phenoxy) is 1. The molecule has 0 unspecified atom stereocenters. The van der Waals surface area contributed by atoms with E-state index in [-0.39, 0.29) is 5.57 Å². The standard InChI is InChI=1S/C12H14O4S/c1-9(2)11(13)16-8-12(14,15)17-10-6-4-3-5-7-10/h3-7,14-15H,1,8H2,2H3. The Bertz CT molecular complexity index is 400. The van der Waals surface area contributed by atoms with Gasteiger partial charge in [-0.25, -0.2) is 4.79 Å². The monoisotopic (exact) mass is 254 g/mol. The molecular weight excluding hydrogens is 240 g/mol. The molecule has 17 heavy (non-hydrogen) atoms. The van der Waals surface area contributed by atoms with Crippen LogP contribution in [0.1, 0.15) is 6.92 Å². The zero-order chi connectivity index (χ0) is 12.9. The van der Waals surface area contributed by atoms with Crippen LogP contribution in [-0.4, -0.2) is 27.9 Å². The lowest BCUT2D eigenvalue weighted by molar-refractivity contribution is -0.159. The second-order valence-corrected chi connectivity index (χ2v) is 4.84. The molecule has 4 nitrogen and oxygen atoms in total. The van der Waals surface area contributed by atoms with Crippen molar-refractivity contribution < 1.29 is 19.7 Å². The third kappa shape index (κ3) is 5.04. The van der Waals surface area contributed by atoms with E-state index < -0.39 is 17.7 Å². The Balaban J connectivity index is 2.52. The Morgan fingerprint density at radius 2 is 2.00 bits per heavy atom. The maximum Gasteiger partial charge on any atom is 0.333 e. The first-order valence-corrected chi connectivity index (χ1v) is 5.74. The molecule has 0 saturated carbocycles. The molecule has 0 aliphatic carbocycles. The lowest BCUT2D eigenvalue weighted by Gasteiger charge is -2.20. The quantitative estimate of drug-likeness (QED) is 0.361. The molecule has 1 aromatic carbocycles. The van der Waals surface area contributed by atoms with Crippen molar-refractivity contribution in [1.29, 1.82) is 0 Å². The Hall–Kier alpha value is -1.30. The second-order valence-electron chi connectivity index (χ2n) is 3.51. The predicted octanol–water partition coefficient (Wildman–Crippen LogP) is 1.54. The van der Waals surface area contributed by atoms with E-state index in [4.69, 9.17) is 0 Å². The lowest BCUT2D eigenvalue weighted by atomic mass is 10.4. The molecule has 0 amide bonds. The molecule has 0 aliphatic heterocycles. The van der Waals surface area contributed by atoms with Crippen LogP contribution in [0.15, 0.2) is 47.4 Å². The average Bonchev–Trinajstić information content (AvgIpc) is 2.26. The summed E-state index contributed by atoms with van der Waals surface area (Å²) in [6.07, 6.45) is 0. The number of thioether (sulfide) groups is 1. The fraction of sp³-hybridized carbons (Fsp3) is 0.250. The summed E-state index contributed by atoms with van der Waals surface area (Å²) in [5.41, 5.74) is 0.213. The molecule has 1 rings (SSSR count). The van der Waals surface area contributed by atoms with E-state index in [1.807, 2.05) is 6.07 Å². The van der Waals surface area contributed by atoms with Gasteiger partial charge < -0.3 is 14.9 Å². The van der Waals surface area contributed by atoms with Crippen molar-refractivity contribution in [3.05, 3.63) is 42.5 Å². The van der Waals surface area contributed by atoms with Crippen molar-refractivity contribution in [3.63, 3.8) is 0 Å². The molecule has 92 valence electrons. The SMILES string of the molecule is C=C(C)C(=O)OCC(O)(O)Sc1ccccc1. The summed E-state index contributed by atoms with van der Waals surface area (Å²) in [7, 11) is 0. The van der Waals surface area contributed by atoms with Crippen LogP contribution >= 0.6 is 11.8 Å². The van der Waals surface area contributed by atoms with Gasteiger partial charge in [0.15, 0.2) is 6.61 Å². The van der Waals surface area contributed by atoms with Crippen LogP contribution < -0.4 is 0 Å². The highest BCUT2D eigenvalue weighted by Crippen LogP contribution is 2.28. The number of esters is 1. The fourth-order valence-corrected chi connectivity index (χ4v) is 1.78. The maximum absolute atomic E-state index is 11.1. The van der Waals surface area contributed by atoms with Crippen molar-refractivity contribution in [2.24, 2.45) is 0 Å². The molecule has 0 radical (unpaired) electrons. The molecule has 0 atom stereocenters. The van der Waals surface area contributed by atoms with Gasteiger partial charge in [0.2, 0.25) is 0 Å². The van der Waals surface area contributed by atoms with Gasteiger partial charge in [0.1, 0.15) is 0 Å². The zero-order valence-electron chi connectivity index (χ0n) is 9.42. The highest BCUT2D eigenvalue weighted by molar-refractivity contribution is 8.00. The van der Waals surface area contributed by atoms with E-state index in [2.05, 4.69) is 11.3 Å². The average molecular weight is 254 g/mol. The molecule has 0 fully saturated rings. The molecular formula is C12H14O4S. The van der Waals surface area contributed by atoms with Crippen LogP contribution in [-0.2, 0) is 9.53 Å². The minimum absolute atomic E-state index is 0.213. The normalized spacial score (nSPS) is 11.0. The van der Waals surface area contributed by atoms with Crippen molar-refractivity contribution >= 4 is 17.7 Å². The smallest absolute Gasteiger partial charge is 0.333 e. The molecule has 0 bridgehead atoms. The molecule has 1 aromatic rings. The maximum atomic E-state index is 11.1. The largest absolute Gasteiger partial charge is 0.456 e. The Kier molecular flexibility index (Phi) is 4.74. The summed E-state index contributed by atoms with van der Waals surface area (Å²) in [5.74, 6) is -0.647. The van der Waals surface area contributed by atoms with E-state index in [9.17, 15) is 15.0 Å². The van der Waals surface area contributed by atoms with Crippen LogP contribution in [0, 0.1) is 0 Å². The summed E-state index contributed by atoms with van der Waals surface area (Å²) in [4.78, 5) is 11.8. The summed E-state index contributed by atoms with van der Waals surface area (Å²) in [6, 6.07) is 8.83. The number of hydrogen-bond donors (Lipinski definition) is 2. The summed E-state index contributed by atoms with van der Waals surface area (Å²) in [5, 5.41) is 17.1. The van der Waals surface area contributed by atoms with E-state index >= 15 is 0 Å². The zero-order valence-corrected chi connectivity index (χ0v) is 10.2. The van der Waals surface area contributed by atoms with Gasteiger partial charge in [-0.05, 0) is 19.1 Å². The third-order valence-corrected chi connectivity index (χ3v) is 2.72. The third-order valence-electron chi connectivity index (χ3n) is 1.76. The lowest BCUT2D eigenvalue weighted by Crippen LogP contribution is -2.31. The number of carbonyl (C=O) groups excluding carboxylic acids is 1. The number of carbonyl (C=O) groups is 1. The van der Waals surface area contributed by atoms with Crippen LogP contribution in [0.5, 0.6) is 0 Å². The van der Waals surface area contributed by atoms with Crippen molar-refractivity contribution in [3.8, 4) is 0 Å². The van der Waals surface area contributed by atoms with Gasteiger partial charge >= 0.3 is 5.97 Å². The van der Waals surface area contributed by atoms with E-state index in [0.717, 1.165) is 11.8 Å². The van der Waals surface area contributed by atoms with Gasteiger partial charge in [0.05, 0.1) is 0 Å². The number of aliphatic hydroxyl groups is 2. The first-order valence-electron chi connectivity index (χ1n) is 4.92. The van der Waals surface area contributed by atoms with Crippen LogP contribution in [0.4, 0.5) is 0 Å². The Labute approximate surface area is 104 Å². The van der Waals surface area contributed by atoms with Gasteiger partial charge in [0.25, 0.3) is 5.12 Å². The highest BCUT2D eigenvalue weighted by Gasteiger charge is 2.27. The first kappa shape index (κ1) is 13.8. The summed E-state index contributed by atoms with van der Waals surface area (Å²) >= 11 is 0.804. The number of benzene rings is 1. The molecule has 2 N–H and O–H groups in total. The van der Waals surface area contributed by atoms with E-state index in [0.29, 0.717) is 4.90 Å². The van der Waals surface area contributed by atoms with Crippen molar-refractivity contribution in [2.45, 2.75) is 16.9 Å². The van der Waals surface area contributed by atoms with Gasteiger partial charge in [-0.2, -0.15) is 0 Å². The Morgan fingerprint density at radius 1 is 1.41 bits per heavy atom. The van der Waals surface area contributed by atoms with Gasteiger partial charge in [-0.15, -0.1) is 0 Å². The second kappa shape index (κ2) is 5.86. The first-order chi connectivity index (χ1) is 7.91. The van der Waals surface area contributed by atoms with Gasteiger partial charge in [-0.3, -0.25) is 0 Å². The van der Waals surface area contributed by atoms with Crippen LogP contribution in [0.2, 0.25) is 0 Å². The molecule has 0 heterocycles. The minimum atomic E-state index is -2.15. The molecule has 0 aliphatic rings. The predicted molar refractivity (Wildman–Crippen MR) is 65.2 cm³/mol. The van der Waals surface area contributed by atoms with Crippen molar-refractivity contribution in [2.75, 3.05) is 6.61 Å². The van der Waals surface area contributed by atoms with E-state index in [1.54, 1.807) is 24.3 Å². The Morgan fingerprint density at radius 3 is 2.53 bits per heavy atom. The van der Waals surface area contributed by atoms with Crippen LogP contribution in [0.3, 0.4) is 0 Å². The van der Waals surface area contributed by atoms with Crippen molar-refractivity contribution in [1.82, 2.24) is 0 Å². The van der Waals surface area contributed by atoms with Gasteiger partial charge in [-0.1, -0.05) is 36.5 Å². The summed E-state index contributed by atoms with van der Waals surface area (Å²) in [6.45, 7) is 4.37. The molecule has 0 saturated heterocycles. The molecule has 0 spiro atoms. The number of hydrogen-bond acceptors (Lipinski definition) is 5. The van der Waals surface area contributed by atoms with Crippen LogP contribution in [0.25, 0.3) is 0 Å². The minimum Gasteiger partial charge on any atom is -0.456 e. The fourth-order valence-electron chi connectivity index (χ4n) is 0.990. The molecule has 5 heteroatoms. The number of rotatable bonds is 5. The topological polar surface area (TPSA) is 66.8 Å². The molecule has 0 aromatic heterocycles. The summed E-state index contributed by atoms with van der Waals surface area (Å²) < 4.78 is 4.68. The van der Waals surface area contributed by atoms with E-state index in [1.165, 1.54) is 6.92 Å². The van der Waals surface area contributed by atoms with Gasteiger partial charge in [0, 0.05) is 10.5 Å².